The number of hydrogen-bond donors (Lipinski definition) is 2. The number of rotatable bonds is 4. The highest BCUT2D eigenvalue weighted by Gasteiger charge is 2.15. The number of nitrogens with one attached hydrogen (secondary N) is 2. The van der Waals surface area contributed by atoms with Gasteiger partial charge in [0.15, 0.2) is 0 Å². The van der Waals surface area contributed by atoms with Crippen LogP contribution in [0.3, 0.4) is 0 Å². The van der Waals surface area contributed by atoms with Crippen molar-refractivity contribution < 1.29 is 4.74 Å². The molecule has 0 saturated carbocycles. The van der Waals surface area contributed by atoms with Gasteiger partial charge in [0.25, 0.3) is 0 Å². The molecule has 6 aromatic rings. The highest BCUT2D eigenvalue weighted by molar-refractivity contribution is 7.08. The second-order valence-electron chi connectivity index (χ2n) is 7.26. The van der Waals surface area contributed by atoms with Crippen molar-refractivity contribution in [2.24, 2.45) is 0 Å². The normalized spacial score (nSPS) is 11.4. The number of ether oxygens (including phenoxy) is 1. The second-order valence-corrected chi connectivity index (χ2v) is 8.04. The number of benzene rings is 1. The maximum Gasteiger partial charge on any atom is 0.138 e. The van der Waals surface area contributed by atoms with E-state index in [1.807, 2.05) is 24.5 Å². The number of methoxy groups -OCH3 is 1. The molecule has 0 radical (unpaired) electrons. The van der Waals surface area contributed by atoms with E-state index in [0.717, 1.165) is 55.8 Å². The molecule has 0 spiro atoms. The molecule has 7 heteroatoms. The van der Waals surface area contributed by atoms with Gasteiger partial charge in [0.1, 0.15) is 17.1 Å². The maximum absolute atomic E-state index is 5.33. The first-order valence-electron chi connectivity index (χ1n) is 9.78. The molecule has 0 aliphatic carbocycles. The predicted octanol–water partition coefficient (Wildman–Crippen LogP) is 5.91. The molecule has 6 rings (SSSR count). The van der Waals surface area contributed by atoms with Gasteiger partial charge >= 0.3 is 0 Å². The van der Waals surface area contributed by atoms with E-state index in [2.05, 4.69) is 66.2 Å². The van der Waals surface area contributed by atoms with Gasteiger partial charge in [-0.25, -0.2) is 4.98 Å². The van der Waals surface area contributed by atoms with Gasteiger partial charge in [-0.2, -0.15) is 16.4 Å². The van der Waals surface area contributed by atoms with Crippen molar-refractivity contribution in [3.8, 4) is 39.4 Å². The number of aromatic amines is 2. The zero-order valence-corrected chi connectivity index (χ0v) is 17.4. The quantitative estimate of drug-likeness (QED) is 0.370. The lowest BCUT2D eigenvalue weighted by molar-refractivity contribution is 0.413. The lowest BCUT2D eigenvalue weighted by Gasteiger charge is -2.04. The van der Waals surface area contributed by atoms with Crippen LogP contribution in [0.25, 0.3) is 55.6 Å². The van der Waals surface area contributed by atoms with Gasteiger partial charge in [-0.05, 0) is 63.8 Å². The molecule has 31 heavy (non-hydrogen) atoms. The van der Waals surface area contributed by atoms with Crippen molar-refractivity contribution in [1.82, 2.24) is 25.1 Å². The standard InChI is InChI=1S/C24H17N5OS/c1-30-17-8-16(11-25-12-17)14-2-3-21-20(9-14)23(29-28-21)22-10-19-18(15-5-7-31-13-15)4-6-26-24(19)27-22/h2-13H,1H3,(H,26,27)(H,28,29). The number of hydrogen-bond acceptors (Lipinski definition) is 5. The lowest BCUT2D eigenvalue weighted by atomic mass is 10.0. The van der Waals surface area contributed by atoms with Crippen LogP contribution in [0.5, 0.6) is 5.75 Å². The van der Waals surface area contributed by atoms with Crippen LogP contribution in [0.1, 0.15) is 0 Å². The van der Waals surface area contributed by atoms with E-state index < -0.39 is 0 Å². The molecule has 0 unspecified atom stereocenters. The molecule has 6 nitrogen and oxygen atoms in total. The summed E-state index contributed by atoms with van der Waals surface area (Å²) >= 11 is 1.69. The minimum Gasteiger partial charge on any atom is -0.495 e. The van der Waals surface area contributed by atoms with Gasteiger partial charge in [-0.3, -0.25) is 10.1 Å². The molecule has 0 aliphatic heterocycles. The van der Waals surface area contributed by atoms with Crippen molar-refractivity contribution in [1.29, 1.82) is 0 Å². The summed E-state index contributed by atoms with van der Waals surface area (Å²) < 4.78 is 5.33. The first kappa shape index (κ1) is 17.9. The van der Waals surface area contributed by atoms with Crippen molar-refractivity contribution in [3.63, 3.8) is 0 Å². The summed E-state index contributed by atoms with van der Waals surface area (Å²) in [4.78, 5) is 12.3. The summed E-state index contributed by atoms with van der Waals surface area (Å²) in [5.74, 6) is 0.729. The summed E-state index contributed by atoms with van der Waals surface area (Å²) in [6.07, 6.45) is 5.38. The minimum atomic E-state index is 0.729. The first-order valence-corrected chi connectivity index (χ1v) is 10.7. The third-order valence-electron chi connectivity index (χ3n) is 5.46. The first-order chi connectivity index (χ1) is 15.3. The third-order valence-corrected chi connectivity index (χ3v) is 6.15. The number of thiophene rings is 1. The fraction of sp³-hybridized carbons (Fsp3) is 0.0417. The molecule has 0 amide bonds. The Labute approximate surface area is 181 Å². The van der Waals surface area contributed by atoms with E-state index in [4.69, 9.17) is 4.74 Å². The Hall–Kier alpha value is -3.97. The SMILES string of the molecule is COc1cncc(-c2ccc3[nH]nc(-c4cc5c(-c6ccsc6)ccnc5[nH]4)c3c2)c1. The summed E-state index contributed by atoms with van der Waals surface area (Å²) in [7, 11) is 1.65. The van der Waals surface area contributed by atoms with E-state index in [-0.39, 0.29) is 0 Å². The monoisotopic (exact) mass is 423 g/mol. The molecular formula is C24H17N5OS. The average molecular weight is 424 g/mol. The second kappa shape index (κ2) is 7.07. The van der Waals surface area contributed by atoms with Crippen LogP contribution in [0, 0.1) is 0 Å². The summed E-state index contributed by atoms with van der Waals surface area (Å²) in [6.45, 7) is 0. The van der Waals surface area contributed by atoms with Crippen molar-refractivity contribution >= 4 is 33.3 Å². The van der Waals surface area contributed by atoms with E-state index in [0.29, 0.717) is 0 Å². The molecular weight excluding hydrogens is 406 g/mol. The molecule has 0 fully saturated rings. The zero-order chi connectivity index (χ0) is 20.8. The van der Waals surface area contributed by atoms with Crippen molar-refractivity contribution in [2.75, 3.05) is 7.11 Å². The molecule has 0 bridgehead atoms. The maximum atomic E-state index is 5.33. The van der Waals surface area contributed by atoms with E-state index in [9.17, 15) is 0 Å². The Bertz CT molecular complexity index is 1530. The number of nitrogens with zero attached hydrogens (tertiary/aromatic N) is 3. The fourth-order valence-electron chi connectivity index (χ4n) is 3.91. The Kier molecular flexibility index (Phi) is 4.07. The topological polar surface area (TPSA) is 79.5 Å². The summed E-state index contributed by atoms with van der Waals surface area (Å²) in [6, 6.07) is 14.5. The third kappa shape index (κ3) is 2.98. The largest absolute Gasteiger partial charge is 0.495 e. The van der Waals surface area contributed by atoms with Crippen LogP contribution in [-0.2, 0) is 0 Å². The average Bonchev–Trinajstić information content (AvgIpc) is 3.57. The van der Waals surface area contributed by atoms with Gasteiger partial charge < -0.3 is 9.72 Å². The van der Waals surface area contributed by atoms with Gasteiger partial charge in [0, 0.05) is 28.7 Å². The van der Waals surface area contributed by atoms with Crippen LogP contribution in [-0.4, -0.2) is 32.3 Å². The molecule has 5 aromatic heterocycles. The van der Waals surface area contributed by atoms with E-state index in [1.165, 1.54) is 5.56 Å². The highest BCUT2D eigenvalue weighted by atomic mass is 32.1. The van der Waals surface area contributed by atoms with Crippen LogP contribution >= 0.6 is 11.3 Å². The van der Waals surface area contributed by atoms with Crippen molar-refractivity contribution in [3.05, 3.63) is 71.8 Å². The fourth-order valence-corrected chi connectivity index (χ4v) is 4.57. The Morgan fingerprint density at radius 1 is 0.935 bits per heavy atom. The van der Waals surface area contributed by atoms with Gasteiger partial charge in [-0.1, -0.05) is 6.07 Å². The lowest BCUT2D eigenvalue weighted by Crippen LogP contribution is -1.86. The molecule has 0 saturated heterocycles. The molecule has 1 aromatic carbocycles. The summed E-state index contributed by atoms with van der Waals surface area (Å²) in [5.41, 5.74) is 8.02. The van der Waals surface area contributed by atoms with Gasteiger partial charge in [-0.15, -0.1) is 0 Å². The predicted molar refractivity (Wildman–Crippen MR) is 124 cm³/mol. The number of pyridine rings is 2. The number of H-pyrrole nitrogens is 2. The Balaban J connectivity index is 1.50. The molecule has 0 atom stereocenters. The molecule has 0 aliphatic rings. The van der Waals surface area contributed by atoms with E-state index in [1.54, 1.807) is 24.6 Å². The molecule has 2 N–H and O–H groups in total. The zero-order valence-electron chi connectivity index (χ0n) is 16.6. The minimum absolute atomic E-state index is 0.729. The van der Waals surface area contributed by atoms with Crippen molar-refractivity contribution in [2.45, 2.75) is 0 Å². The summed E-state index contributed by atoms with van der Waals surface area (Å²) in [5, 5.41) is 14.1. The van der Waals surface area contributed by atoms with Crippen LogP contribution in [0.2, 0.25) is 0 Å². The highest BCUT2D eigenvalue weighted by Crippen LogP contribution is 2.35. The Morgan fingerprint density at radius 3 is 2.77 bits per heavy atom. The van der Waals surface area contributed by atoms with Crippen LogP contribution < -0.4 is 4.74 Å². The van der Waals surface area contributed by atoms with Gasteiger partial charge in [0.2, 0.25) is 0 Å². The molecule has 5 heterocycles. The Morgan fingerprint density at radius 2 is 1.90 bits per heavy atom. The van der Waals surface area contributed by atoms with Crippen LogP contribution in [0.15, 0.2) is 71.8 Å². The van der Waals surface area contributed by atoms with Crippen LogP contribution in [0.4, 0.5) is 0 Å². The van der Waals surface area contributed by atoms with Gasteiger partial charge in [0.05, 0.1) is 24.5 Å². The number of fused-ring (bicyclic) bond motifs is 2. The number of aromatic nitrogens is 5. The smallest absolute Gasteiger partial charge is 0.138 e. The molecule has 150 valence electrons. The van der Waals surface area contributed by atoms with E-state index >= 15 is 0 Å².